The van der Waals surface area contributed by atoms with Gasteiger partial charge in [0.1, 0.15) is 5.01 Å². The van der Waals surface area contributed by atoms with Crippen molar-refractivity contribution in [2.24, 2.45) is 11.7 Å². The first-order valence-corrected chi connectivity index (χ1v) is 7.36. The highest BCUT2D eigenvalue weighted by Crippen LogP contribution is 2.25. The van der Waals surface area contributed by atoms with Gasteiger partial charge in [0.15, 0.2) is 0 Å². The average molecular weight is 267 g/mol. The van der Waals surface area contributed by atoms with Crippen LogP contribution in [-0.2, 0) is 4.79 Å². The molecular formula is C13H21N3OS. The Hall–Kier alpha value is -0.940. The molecule has 5 heteroatoms. The molecule has 3 N–H and O–H groups in total. The Morgan fingerprint density at radius 3 is 2.72 bits per heavy atom. The molecule has 1 unspecified atom stereocenters. The number of rotatable bonds is 3. The summed E-state index contributed by atoms with van der Waals surface area (Å²) in [4.78, 5) is 17.6. The van der Waals surface area contributed by atoms with E-state index in [1.807, 2.05) is 20.0 Å². The zero-order chi connectivity index (χ0) is 13.1. The zero-order valence-electron chi connectivity index (χ0n) is 11.0. The number of nitrogens with one attached hydrogen (secondary N) is 1. The van der Waals surface area contributed by atoms with Crippen LogP contribution in [0.1, 0.15) is 48.5 Å². The first-order valence-electron chi connectivity index (χ1n) is 6.54. The fraction of sp³-hybridized carbons (Fsp3) is 0.692. The molecule has 4 nitrogen and oxygen atoms in total. The number of thiazole rings is 1. The molecule has 0 aliphatic heterocycles. The largest absolute Gasteiger partial charge is 0.347 e. The van der Waals surface area contributed by atoms with Crippen LogP contribution in [0.2, 0.25) is 0 Å². The van der Waals surface area contributed by atoms with Crippen molar-refractivity contribution in [2.45, 2.75) is 51.6 Å². The monoisotopic (exact) mass is 267 g/mol. The molecule has 2 rings (SSSR count). The lowest BCUT2D eigenvalue weighted by atomic mass is 9.86. The molecule has 0 spiro atoms. The second-order valence-electron chi connectivity index (χ2n) is 5.15. The van der Waals surface area contributed by atoms with Gasteiger partial charge in [0, 0.05) is 23.0 Å². The molecule has 18 heavy (non-hydrogen) atoms. The molecule has 1 fully saturated rings. The summed E-state index contributed by atoms with van der Waals surface area (Å²) in [6.07, 6.45) is 5.60. The van der Waals surface area contributed by atoms with Gasteiger partial charge in [-0.15, -0.1) is 11.3 Å². The van der Waals surface area contributed by atoms with E-state index in [4.69, 9.17) is 5.73 Å². The Balaban J connectivity index is 1.87. The second kappa shape index (κ2) is 5.80. The Kier molecular flexibility index (Phi) is 4.35. The predicted molar refractivity (Wildman–Crippen MR) is 73.3 cm³/mol. The minimum atomic E-state index is 0.00630. The summed E-state index contributed by atoms with van der Waals surface area (Å²) < 4.78 is 0. The van der Waals surface area contributed by atoms with Crippen LogP contribution >= 0.6 is 11.3 Å². The SMILES string of the molecule is Cc1cnc(C(C)NC(=O)C2CCC(N)CC2)s1. The van der Waals surface area contributed by atoms with Crippen molar-refractivity contribution >= 4 is 17.2 Å². The quantitative estimate of drug-likeness (QED) is 0.881. The van der Waals surface area contributed by atoms with E-state index in [9.17, 15) is 4.79 Å². The number of hydrogen-bond acceptors (Lipinski definition) is 4. The van der Waals surface area contributed by atoms with Crippen LogP contribution in [0.4, 0.5) is 0 Å². The van der Waals surface area contributed by atoms with Gasteiger partial charge in [-0.1, -0.05) is 0 Å². The number of amides is 1. The third-order valence-electron chi connectivity index (χ3n) is 3.51. The molecule has 0 bridgehead atoms. The van der Waals surface area contributed by atoms with Crippen molar-refractivity contribution in [3.8, 4) is 0 Å². The molecule has 1 aromatic heterocycles. The van der Waals surface area contributed by atoms with Crippen molar-refractivity contribution < 1.29 is 4.79 Å². The van der Waals surface area contributed by atoms with E-state index >= 15 is 0 Å². The molecule has 1 saturated carbocycles. The standard InChI is InChI=1S/C13H21N3OS/c1-8-7-15-13(18-8)9(2)16-12(17)10-3-5-11(14)6-4-10/h7,9-11H,3-6,14H2,1-2H3,(H,16,17). The fourth-order valence-corrected chi connectivity index (χ4v) is 3.12. The van der Waals surface area contributed by atoms with Gasteiger partial charge in [0.25, 0.3) is 0 Å². The van der Waals surface area contributed by atoms with Gasteiger partial charge in [0.05, 0.1) is 6.04 Å². The second-order valence-corrected chi connectivity index (χ2v) is 6.42. The summed E-state index contributed by atoms with van der Waals surface area (Å²) in [5, 5.41) is 4.04. The molecule has 1 heterocycles. The van der Waals surface area contributed by atoms with Crippen LogP contribution in [0, 0.1) is 12.8 Å². The highest BCUT2D eigenvalue weighted by atomic mass is 32.1. The van der Waals surface area contributed by atoms with Crippen LogP contribution in [0.25, 0.3) is 0 Å². The maximum atomic E-state index is 12.1. The van der Waals surface area contributed by atoms with E-state index in [2.05, 4.69) is 10.3 Å². The summed E-state index contributed by atoms with van der Waals surface area (Å²) >= 11 is 1.64. The first kappa shape index (κ1) is 13.5. The zero-order valence-corrected chi connectivity index (χ0v) is 11.8. The molecule has 1 aromatic rings. The van der Waals surface area contributed by atoms with Crippen LogP contribution in [0.5, 0.6) is 0 Å². The van der Waals surface area contributed by atoms with E-state index < -0.39 is 0 Å². The van der Waals surface area contributed by atoms with Crippen LogP contribution < -0.4 is 11.1 Å². The fourth-order valence-electron chi connectivity index (χ4n) is 2.35. The maximum absolute atomic E-state index is 12.1. The first-order chi connectivity index (χ1) is 8.56. The van der Waals surface area contributed by atoms with Crippen LogP contribution in [0.15, 0.2) is 6.20 Å². The lowest BCUT2D eigenvalue weighted by molar-refractivity contribution is -0.126. The van der Waals surface area contributed by atoms with E-state index in [0.717, 1.165) is 30.7 Å². The van der Waals surface area contributed by atoms with Gasteiger partial charge in [0.2, 0.25) is 5.91 Å². The lowest BCUT2D eigenvalue weighted by Gasteiger charge is -2.26. The summed E-state index contributed by atoms with van der Waals surface area (Å²) in [7, 11) is 0. The van der Waals surface area contributed by atoms with Crippen molar-refractivity contribution in [3.05, 3.63) is 16.1 Å². The Morgan fingerprint density at radius 1 is 1.50 bits per heavy atom. The smallest absolute Gasteiger partial charge is 0.223 e. The highest BCUT2D eigenvalue weighted by molar-refractivity contribution is 7.11. The number of nitrogens with two attached hydrogens (primary N) is 1. The molecular weight excluding hydrogens is 246 g/mol. The van der Waals surface area contributed by atoms with E-state index in [0.29, 0.717) is 0 Å². The topological polar surface area (TPSA) is 68.0 Å². The number of nitrogens with zero attached hydrogens (tertiary/aromatic N) is 1. The molecule has 0 saturated heterocycles. The number of carbonyl (C=O) groups is 1. The minimum absolute atomic E-state index is 0.00630. The third kappa shape index (κ3) is 3.29. The lowest BCUT2D eigenvalue weighted by Crippen LogP contribution is -2.37. The number of hydrogen-bond donors (Lipinski definition) is 2. The summed E-state index contributed by atoms with van der Waals surface area (Å²) in [5.41, 5.74) is 5.85. The summed E-state index contributed by atoms with van der Waals surface area (Å²) in [5.74, 6) is 0.288. The molecule has 0 aromatic carbocycles. The van der Waals surface area contributed by atoms with Gasteiger partial charge in [-0.25, -0.2) is 4.98 Å². The maximum Gasteiger partial charge on any atom is 0.223 e. The predicted octanol–water partition coefficient (Wildman–Crippen LogP) is 2.15. The normalized spacial score (nSPS) is 25.7. The molecule has 1 atom stereocenters. The van der Waals surface area contributed by atoms with Gasteiger partial charge in [-0.3, -0.25) is 4.79 Å². The van der Waals surface area contributed by atoms with Crippen molar-refractivity contribution in [3.63, 3.8) is 0 Å². The minimum Gasteiger partial charge on any atom is -0.347 e. The molecule has 0 radical (unpaired) electrons. The number of aryl methyl sites for hydroxylation is 1. The molecule has 100 valence electrons. The average Bonchev–Trinajstić information content (AvgIpc) is 2.76. The van der Waals surface area contributed by atoms with Gasteiger partial charge in [-0.2, -0.15) is 0 Å². The van der Waals surface area contributed by atoms with Crippen LogP contribution in [0.3, 0.4) is 0 Å². The van der Waals surface area contributed by atoms with E-state index in [1.165, 1.54) is 4.88 Å². The summed E-state index contributed by atoms with van der Waals surface area (Å²) in [6, 6.07) is 0.292. The van der Waals surface area contributed by atoms with E-state index in [1.54, 1.807) is 11.3 Å². The van der Waals surface area contributed by atoms with Crippen molar-refractivity contribution in [1.29, 1.82) is 0 Å². The summed E-state index contributed by atoms with van der Waals surface area (Å²) in [6.45, 7) is 4.02. The Labute approximate surface area is 112 Å². The third-order valence-corrected chi connectivity index (χ3v) is 4.61. The Bertz CT molecular complexity index is 410. The number of carbonyl (C=O) groups excluding carboxylic acids is 1. The van der Waals surface area contributed by atoms with Crippen LogP contribution in [-0.4, -0.2) is 16.9 Å². The Morgan fingerprint density at radius 2 is 2.17 bits per heavy atom. The molecule has 1 aliphatic rings. The van der Waals surface area contributed by atoms with Gasteiger partial charge in [-0.05, 0) is 39.5 Å². The highest BCUT2D eigenvalue weighted by Gasteiger charge is 2.25. The number of aromatic nitrogens is 1. The molecule has 1 aliphatic carbocycles. The van der Waals surface area contributed by atoms with E-state index in [-0.39, 0.29) is 23.9 Å². The van der Waals surface area contributed by atoms with Crippen molar-refractivity contribution in [1.82, 2.24) is 10.3 Å². The molecule has 1 amide bonds. The van der Waals surface area contributed by atoms with Gasteiger partial charge < -0.3 is 11.1 Å². The van der Waals surface area contributed by atoms with Gasteiger partial charge >= 0.3 is 0 Å². The van der Waals surface area contributed by atoms with Crippen molar-refractivity contribution in [2.75, 3.05) is 0 Å².